The average molecular weight is 503 g/mol. The maximum Gasteiger partial charge on any atom is 0.417 e. The van der Waals surface area contributed by atoms with E-state index >= 15 is 0 Å². The number of benzene rings is 2. The van der Waals surface area contributed by atoms with E-state index in [1.54, 1.807) is 24.3 Å². The second-order valence-electron chi connectivity index (χ2n) is 7.16. The van der Waals surface area contributed by atoms with Crippen molar-refractivity contribution in [2.45, 2.75) is 19.1 Å². The molecule has 1 atom stereocenters. The van der Waals surface area contributed by atoms with Gasteiger partial charge in [0.05, 0.1) is 40.7 Å². The Morgan fingerprint density at radius 1 is 1.15 bits per heavy atom. The van der Waals surface area contributed by atoms with Crippen molar-refractivity contribution in [1.29, 1.82) is 0 Å². The van der Waals surface area contributed by atoms with Crippen molar-refractivity contribution < 1.29 is 35.9 Å². The number of rotatable bonds is 5. The van der Waals surface area contributed by atoms with Gasteiger partial charge in [-0.3, -0.25) is 13.7 Å². The lowest BCUT2D eigenvalue weighted by atomic mass is 10.1. The van der Waals surface area contributed by atoms with E-state index in [0.717, 1.165) is 23.0 Å². The van der Waals surface area contributed by atoms with Crippen LogP contribution in [0.15, 0.2) is 48.7 Å². The Bertz CT molecular complexity index is 1350. The molecule has 3 aromatic rings. The molecule has 0 fully saturated rings. The molecule has 0 spiro atoms. The Balaban J connectivity index is 2.15. The Morgan fingerprint density at radius 3 is 2.36 bits per heavy atom. The van der Waals surface area contributed by atoms with E-state index in [1.807, 2.05) is 0 Å². The van der Waals surface area contributed by atoms with Crippen LogP contribution < -0.4 is 4.31 Å². The molecule has 0 aliphatic rings. The van der Waals surface area contributed by atoms with Crippen LogP contribution in [-0.4, -0.2) is 44.3 Å². The third-order valence-corrected chi connectivity index (χ3v) is 6.50. The summed E-state index contributed by atoms with van der Waals surface area (Å²) >= 11 is 5.65. The SMILES string of the molecule is COC(=O)c1cn(C(=O)C(C)N(c2ccc(Cl)c(C(F)(F)F)c2)S(C)(=O)=O)c2ccccc12. The predicted molar refractivity (Wildman–Crippen MR) is 117 cm³/mol. The normalized spacial score (nSPS) is 13.1. The molecule has 7 nitrogen and oxygen atoms in total. The Morgan fingerprint density at radius 2 is 1.79 bits per heavy atom. The summed E-state index contributed by atoms with van der Waals surface area (Å²) in [5.74, 6) is -1.51. The Hall–Kier alpha value is -3.05. The van der Waals surface area contributed by atoms with Gasteiger partial charge in [-0.15, -0.1) is 0 Å². The molecule has 0 N–H and O–H groups in total. The number of sulfonamides is 1. The summed E-state index contributed by atoms with van der Waals surface area (Å²) in [6.45, 7) is 1.23. The largest absolute Gasteiger partial charge is 0.465 e. The van der Waals surface area contributed by atoms with Gasteiger partial charge in [0.1, 0.15) is 6.04 Å². The molecule has 0 saturated carbocycles. The number of esters is 1. The van der Waals surface area contributed by atoms with Crippen molar-refractivity contribution in [3.63, 3.8) is 0 Å². The maximum absolute atomic E-state index is 13.3. The van der Waals surface area contributed by atoms with Crippen LogP contribution in [0, 0.1) is 0 Å². The summed E-state index contributed by atoms with van der Waals surface area (Å²) in [4.78, 5) is 25.5. The van der Waals surface area contributed by atoms with E-state index in [2.05, 4.69) is 0 Å². The highest BCUT2D eigenvalue weighted by atomic mass is 35.5. The average Bonchev–Trinajstić information content (AvgIpc) is 3.11. The maximum atomic E-state index is 13.3. The van der Waals surface area contributed by atoms with Crippen molar-refractivity contribution in [3.05, 3.63) is 64.8 Å². The zero-order valence-corrected chi connectivity index (χ0v) is 19.1. The first-order valence-corrected chi connectivity index (χ1v) is 11.6. The van der Waals surface area contributed by atoms with E-state index < -0.39 is 44.7 Å². The molecule has 12 heteroatoms. The van der Waals surface area contributed by atoms with Crippen molar-refractivity contribution in [2.24, 2.45) is 0 Å². The van der Waals surface area contributed by atoms with Gasteiger partial charge >= 0.3 is 12.1 Å². The van der Waals surface area contributed by atoms with Crippen LogP contribution in [0.5, 0.6) is 0 Å². The van der Waals surface area contributed by atoms with Crippen molar-refractivity contribution in [2.75, 3.05) is 17.7 Å². The number of anilines is 1. The van der Waals surface area contributed by atoms with Gasteiger partial charge < -0.3 is 4.74 Å². The van der Waals surface area contributed by atoms with Crippen molar-refractivity contribution in [1.82, 2.24) is 4.57 Å². The fraction of sp³-hybridized carbons (Fsp3) is 0.238. The van der Waals surface area contributed by atoms with Crippen LogP contribution in [0.25, 0.3) is 10.9 Å². The minimum absolute atomic E-state index is 0.0745. The van der Waals surface area contributed by atoms with E-state index in [-0.39, 0.29) is 11.3 Å². The second kappa shape index (κ2) is 8.71. The molecule has 0 amide bonds. The number of hydrogen-bond donors (Lipinski definition) is 0. The first-order valence-electron chi connectivity index (χ1n) is 9.36. The highest BCUT2D eigenvalue weighted by Crippen LogP contribution is 2.38. The number of methoxy groups -OCH3 is 1. The third-order valence-electron chi connectivity index (χ3n) is 4.93. The molecule has 176 valence electrons. The number of nitrogens with zero attached hydrogens (tertiary/aromatic N) is 2. The minimum Gasteiger partial charge on any atom is -0.465 e. The van der Waals surface area contributed by atoms with E-state index in [0.29, 0.717) is 21.3 Å². The van der Waals surface area contributed by atoms with Crippen LogP contribution in [0.4, 0.5) is 18.9 Å². The number of hydrogen-bond acceptors (Lipinski definition) is 5. The smallest absolute Gasteiger partial charge is 0.417 e. The van der Waals surface area contributed by atoms with Crippen LogP contribution in [0.3, 0.4) is 0 Å². The van der Waals surface area contributed by atoms with Gasteiger partial charge in [-0.25, -0.2) is 13.2 Å². The van der Waals surface area contributed by atoms with E-state index in [9.17, 15) is 31.2 Å². The molecule has 3 rings (SSSR count). The molecule has 0 bridgehead atoms. The molecule has 33 heavy (non-hydrogen) atoms. The number of alkyl halides is 3. The van der Waals surface area contributed by atoms with Crippen molar-refractivity contribution in [3.8, 4) is 0 Å². The van der Waals surface area contributed by atoms with Gasteiger partial charge in [0.15, 0.2) is 0 Å². The summed E-state index contributed by atoms with van der Waals surface area (Å²) in [5, 5.41) is -0.223. The van der Waals surface area contributed by atoms with Crippen LogP contribution >= 0.6 is 11.6 Å². The molecule has 0 saturated heterocycles. The minimum atomic E-state index is -4.84. The van der Waals surface area contributed by atoms with Gasteiger partial charge in [-0.2, -0.15) is 13.2 Å². The van der Waals surface area contributed by atoms with Crippen LogP contribution in [-0.2, 0) is 20.9 Å². The first-order chi connectivity index (χ1) is 15.3. The second-order valence-corrected chi connectivity index (χ2v) is 9.42. The molecule has 0 radical (unpaired) electrons. The monoisotopic (exact) mass is 502 g/mol. The van der Waals surface area contributed by atoms with E-state index in [4.69, 9.17) is 16.3 Å². The van der Waals surface area contributed by atoms with Gasteiger partial charge in [0.2, 0.25) is 10.0 Å². The molecular formula is C21H18ClF3N2O5S. The molecule has 1 unspecified atom stereocenters. The Labute approximate surface area is 192 Å². The number of ether oxygens (including phenoxy) is 1. The fourth-order valence-electron chi connectivity index (χ4n) is 3.51. The molecule has 1 heterocycles. The van der Waals surface area contributed by atoms with Gasteiger partial charge in [0, 0.05) is 11.6 Å². The molecular weight excluding hydrogens is 485 g/mol. The number of fused-ring (bicyclic) bond motifs is 1. The first kappa shape index (κ1) is 24.6. The van der Waals surface area contributed by atoms with Crippen LogP contribution in [0.2, 0.25) is 5.02 Å². The highest BCUT2D eigenvalue weighted by Gasteiger charge is 2.36. The molecule has 1 aromatic heterocycles. The lowest BCUT2D eigenvalue weighted by molar-refractivity contribution is -0.137. The number of halogens is 4. The Kier molecular flexibility index (Phi) is 6.49. The lowest BCUT2D eigenvalue weighted by Crippen LogP contribution is -2.44. The fourth-order valence-corrected chi connectivity index (χ4v) is 4.89. The molecule has 0 aliphatic heterocycles. The zero-order chi connectivity index (χ0) is 24.7. The molecule has 0 aliphatic carbocycles. The summed E-state index contributed by atoms with van der Waals surface area (Å²) in [5.41, 5.74) is -1.25. The van der Waals surface area contributed by atoms with Gasteiger partial charge in [0.25, 0.3) is 5.91 Å². The quantitative estimate of drug-likeness (QED) is 0.476. The third kappa shape index (κ3) is 4.69. The zero-order valence-electron chi connectivity index (χ0n) is 17.6. The molecule has 2 aromatic carbocycles. The summed E-state index contributed by atoms with van der Waals surface area (Å²) in [6, 6.07) is 7.47. The summed E-state index contributed by atoms with van der Waals surface area (Å²) < 4.78 is 71.5. The van der Waals surface area contributed by atoms with E-state index in [1.165, 1.54) is 20.2 Å². The van der Waals surface area contributed by atoms with Crippen LogP contribution in [0.1, 0.15) is 27.6 Å². The predicted octanol–water partition coefficient (Wildman–Crippen LogP) is 4.60. The van der Waals surface area contributed by atoms with Gasteiger partial charge in [-0.1, -0.05) is 29.8 Å². The standard InChI is InChI=1S/C21H18ClF3N2O5S/c1-12(19(28)26-11-15(20(29)32-2)14-6-4-5-7-18(14)26)27(33(3,30)31)13-8-9-17(22)16(10-13)21(23,24)25/h4-12H,1-3H3. The number of aromatic nitrogens is 1. The lowest BCUT2D eigenvalue weighted by Gasteiger charge is -2.29. The number of para-hydroxylation sites is 1. The summed E-state index contributed by atoms with van der Waals surface area (Å²) in [7, 11) is -3.05. The van der Waals surface area contributed by atoms with Crippen molar-refractivity contribution >= 4 is 50.1 Å². The topological polar surface area (TPSA) is 85.7 Å². The van der Waals surface area contributed by atoms with Gasteiger partial charge in [-0.05, 0) is 31.2 Å². The number of carbonyl (C=O) groups is 2. The number of carbonyl (C=O) groups excluding carboxylic acids is 2. The summed E-state index contributed by atoms with van der Waals surface area (Å²) in [6.07, 6.45) is -2.86. The highest BCUT2D eigenvalue weighted by molar-refractivity contribution is 7.92.